The molecule has 1 aromatic rings. The van der Waals surface area contributed by atoms with Crippen LogP contribution in [0.2, 0.25) is 0 Å². The summed E-state index contributed by atoms with van der Waals surface area (Å²) < 4.78 is 0. The number of carbonyl (C=O) groups is 1. The van der Waals surface area contributed by atoms with Crippen molar-refractivity contribution in [2.75, 3.05) is 0 Å². The first-order chi connectivity index (χ1) is 13.7. The average molecular weight is 405 g/mol. The molecule has 158 valence electrons. The van der Waals surface area contributed by atoms with Gasteiger partial charge in [0.2, 0.25) is 5.91 Å². The lowest BCUT2D eigenvalue weighted by molar-refractivity contribution is -0.119. The zero-order valence-electron chi connectivity index (χ0n) is 18.0. The normalized spacial score (nSPS) is 11.8. The summed E-state index contributed by atoms with van der Waals surface area (Å²) in [5.41, 5.74) is 1.19. The van der Waals surface area contributed by atoms with E-state index in [4.69, 9.17) is 12.2 Å². The van der Waals surface area contributed by atoms with Gasteiger partial charge in [-0.25, -0.2) is 0 Å². The summed E-state index contributed by atoms with van der Waals surface area (Å²) >= 11 is 5.32. The van der Waals surface area contributed by atoms with Crippen LogP contribution in [0, 0.1) is 0 Å². The number of amides is 1. The van der Waals surface area contributed by atoms with Gasteiger partial charge in [0.25, 0.3) is 0 Å². The van der Waals surface area contributed by atoms with Gasteiger partial charge in [-0.05, 0) is 30.6 Å². The lowest BCUT2D eigenvalue weighted by Crippen LogP contribution is -2.40. The van der Waals surface area contributed by atoms with Crippen molar-refractivity contribution in [2.24, 2.45) is 0 Å². The molecule has 0 aromatic heterocycles. The Hall–Kier alpha value is -1.42. The fourth-order valence-corrected chi connectivity index (χ4v) is 3.70. The number of thiocarbonyl (C=S) groups is 1. The Bertz CT molecular complexity index is 533. The van der Waals surface area contributed by atoms with Crippen LogP contribution in [0.3, 0.4) is 0 Å². The Morgan fingerprint density at radius 2 is 1.39 bits per heavy atom. The molecule has 0 fully saturated rings. The van der Waals surface area contributed by atoms with Crippen LogP contribution in [-0.2, 0) is 4.79 Å². The van der Waals surface area contributed by atoms with E-state index in [0.717, 1.165) is 19.3 Å². The van der Waals surface area contributed by atoms with Crippen LogP contribution < -0.4 is 10.6 Å². The maximum atomic E-state index is 12.1. The van der Waals surface area contributed by atoms with Crippen LogP contribution in [0.25, 0.3) is 0 Å². The van der Waals surface area contributed by atoms with E-state index in [1.165, 1.54) is 63.4 Å². The molecule has 1 unspecified atom stereocenters. The van der Waals surface area contributed by atoms with Crippen LogP contribution in [0.1, 0.15) is 109 Å². The fraction of sp³-hybridized carbons (Fsp3) is 0.667. The van der Waals surface area contributed by atoms with E-state index in [-0.39, 0.29) is 11.9 Å². The van der Waals surface area contributed by atoms with Gasteiger partial charge < -0.3 is 10.6 Å². The van der Waals surface area contributed by atoms with E-state index in [9.17, 15) is 4.79 Å². The Balaban J connectivity index is 2.04. The SMILES string of the molecule is CCCCCCCCCCCCCC(=O)NC(=S)NC(CC)c1ccccc1. The minimum absolute atomic E-state index is 0.0244. The topological polar surface area (TPSA) is 41.1 Å². The zero-order valence-corrected chi connectivity index (χ0v) is 18.8. The lowest BCUT2D eigenvalue weighted by Gasteiger charge is -2.19. The standard InChI is InChI=1S/C24H40N2OS/c1-3-5-6-7-8-9-10-11-12-13-17-20-23(27)26-24(28)25-22(4-2)21-18-15-14-16-19-21/h14-16,18-19,22H,3-13,17,20H2,1-2H3,(H2,25,26,27,28). The minimum Gasteiger partial charge on any atom is -0.356 e. The number of hydrogen-bond donors (Lipinski definition) is 2. The summed E-state index contributed by atoms with van der Waals surface area (Å²) in [4.78, 5) is 12.1. The Morgan fingerprint density at radius 1 is 0.857 bits per heavy atom. The number of benzene rings is 1. The number of nitrogens with one attached hydrogen (secondary N) is 2. The smallest absolute Gasteiger partial charge is 0.226 e. The Morgan fingerprint density at radius 3 is 1.93 bits per heavy atom. The quantitative estimate of drug-likeness (QED) is 0.249. The van der Waals surface area contributed by atoms with Crippen molar-refractivity contribution in [3.05, 3.63) is 35.9 Å². The molecule has 3 nitrogen and oxygen atoms in total. The molecule has 0 spiro atoms. The van der Waals surface area contributed by atoms with Crippen LogP contribution in [0.5, 0.6) is 0 Å². The Kier molecular flexibility index (Phi) is 14.5. The van der Waals surface area contributed by atoms with Gasteiger partial charge in [0.15, 0.2) is 5.11 Å². The molecule has 0 saturated heterocycles. The third-order valence-electron chi connectivity index (χ3n) is 5.18. The minimum atomic E-state index is 0.0244. The molecule has 0 aliphatic carbocycles. The molecule has 1 atom stereocenters. The van der Waals surface area contributed by atoms with E-state index >= 15 is 0 Å². The molecular weight excluding hydrogens is 364 g/mol. The predicted molar refractivity (Wildman–Crippen MR) is 124 cm³/mol. The van der Waals surface area contributed by atoms with Gasteiger partial charge in [0.05, 0.1) is 6.04 Å². The van der Waals surface area contributed by atoms with Crippen molar-refractivity contribution < 1.29 is 4.79 Å². The number of unbranched alkanes of at least 4 members (excludes halogenated alkanes) is 10. The molecule has 2 N–H and O–H groups in total. The second kappa shape index (κ2) is 16.5. The molecule has 1 aromatic carbocycles. The third kappa shape index (κ3) is 12.1. The van der Waals surface area contributed by atoms with Gasteiger partial charge >= 0.3 is 0 Å². The molecule has 0 radical (unpaired) electrons. The lowest BCUT2D eigenvalue weighted by atomic mass is 10.0. The molecule has 0 aliphatic rings. The second-order valence-electron chi connectivity index (χ2n) is 7.68. The van der Waals surface area contributed by atoms with Gasteiger partial charge in [0, 0.05) is 6.42 Å². The molecule has 0 bridgehead atoms. The maximum Gasteiger partial charge on any atom is 0.226 e. The maximum absolute atomic E-state index is 12.1. The van der Waals surface area contributed by atoms with Crippen molar-refractivity contribution in [3.63, 3.8) is 0 Å². The van der Waals surface area contributed by atoms with Crippen LogP contribution >= 0.6 is 12.2 Å². The largest absolute Gasteiger partial charge is 0.356 e. The highest BCUT2D eigenvalue weighted by atomic mass is 32.1. The monoisotopic (exact) mass is 404 g/mol. The van der Waals surface area contributed by atoms with Crippen molar-refractivity contribution >= 4 is 23.2 Å². The summed E-state index contributed by atoms with van der Waals surface area (Å²) in [7, 11) is 0. The highest BCUT2D eigenvalue weighted by Gasteiger charge is 2.11. The molecule has 1 rings (SSSR count). The van der Waals surface area contributed by atoms with Crippen molar-refractivity contribution in [2.45, 2.75) is 103 Å². The molecule has 0 aliphatic heterocycles. The average Bonchev–Trinajstić information content (AvgIpc) is 2.70. The molecule has 28 heavy (non-hydrogen) atoms. The first-order valence-electron chi connectivity index (χ1n) is 11.3. The number of carbonyl (C=O) groups excluding carboxylic acids is 1. The van der Waals surface area contributed by atoms with E-state index in [0.29, 0.717) is 11.5 Å². The van der Waals surface area contributed by atoms with Gasteiger partial charge in [-0.2, -0.15) is 0 Å². The number of rotatable bonds is 15. The fourth-order valence-electron chi connectivity index (χ4n) is 3.44. The number of hydrogen-bond acceptors (Lipinski definition) is 2. The predicted octanol–water partition coefficient (Wildman–Crippen LogP) is 6.83. The van der Waals surface area contributed by atoms with E-state index in [1.54, 1.807) is 0 Å². The van der Waals surface area contributed by atoms with Crippen LogP contribution in [0.15, 0.2) is 30.3 Å². The Labute approximate surface area is 178 Å². The molecule has 4 heteroatoms. The second-order valence-corrected chi connectivity index (χ2v) is 8.09. The highest BCUT2D eigenvalue weighted by Crippen LogP contribution is 2.15. The van der Waals surface area contributed by atoms with Gasteiger partial charge in [-0.3, -0.25) is 4.79 Å². The zero-order chi connectivity index (χ0) is 20.5. The van der Waals surface area contributed by atoms with Gasteiger partial charge in [0.1, 0.15) is 0 Å². The van der Waals surface area contributed by atoms with Gasteiger partial charge in [-0.15, -0.1) is 0 Å². The van der Waals surface area contributed by atoms with Crippen LogP contribution in [0.4, 0.5) is 0 Å². The summed E-state index contributed by atoms with van der Waals surface area (Å²) in [5, 5.41) is 6.52. The summed E-state index contributed by atoms with van der Waals surface area (Å²) in [6, 6.07) is 10.3. The summed E-state index contributed by atoms with van der Waals surface area (Å²) in [6.07, 6.45) is 15.7. The molecule has 1 amide bonds. The van der Waals surface area contributed by atoms with Crippen molar-refractivity contribution in [1.29, 1.82) is 0 Å². The highest BCUT2D eigenvalue weighted by molar-refractivity contribution is 7.80. The van der Waals surface area contributed by atoms with E-state index in [2.05, 4.69) is 36.6 Å². The van der Waals surface area contributed by atoms with E-state index in [1.807, 2.05) is 18.2 Å². The molecule has 0 heterocycles. The van der Waals surface area contributed by atoms with E-state index < -0.39 is 0 Å². The first-order valence-corrected chi connectivity index (χ1v) is 11.7. The van der Waals surface area contributed by atoms with Crippen molar-refractivity contribution in [1.82, 2.24) is 10.6 Å². The molecular formula is C24H40N2OS. The van der Waals surface area contributed by atoms with Gasteiger partial charge in [-0.1, -0.05) is 108 Å². The summed E-state index contributed by atoms with van der Waals surface area (Å²) in [5.74, 6) is 0.0244. The van der Waals surface area contributed by atoms with Crippen molar-refractivity contribution in [3.8, 4) is 0 Å². The van der Waals surface area contributed by atoms with Crippen LogP contribution in [-0.4, -0.2) is 11.0 Å². The molecule has 0 saturated carbocycles. The summed E-state index contributed by atoms with van der Waals surface area (Å²) in [6.45, 7) is 4.37. The third-order valence-corrected chi connectivity index (χ3v) is 5.40. The first kappa shape index (κ1) is 24.6.